The first kappa shape index (κ1) is 24.4. The highest BCUT2D eigenvalue weighted by Crippen LogP contribution is 2.28. The molecule has 13 heteroatoms. The zero-order valence-electron chi connectivity index (χ0n) is 14.6. The molecule has 0 aliphatic carbocycles. The van der Waals surface area contributed by atoms with E-state index in [9.17, 15) is 14.3 Å². The van der Waals surface area contributed by atoms with Gasteiger partial charge in [0.15, 0.2) is 0 Å². The normalized spacial score (nSPS) is 27.7. The van der Waals surface area contributed by atoms with Crippen molar-refractivity contribution in [2.45, 2.75) is 36.6 Å². The molecule has 1 saturated heterocycles. The minimum atomic E-state index is -2.16. The first-order chi connectivity index (χ1) is 13.0. The highest BCUT2D eigenvalue weighted by molar-refractivity contribution is 6.58. The number of benzene rings is 1. The predicted molar refractivity (Wildman–Crippen MR) is 91.5 cm³/mol. The fourth-order valence-electron chi connectivity index (χ4n) is 2.36. The average molecular weight is 407 g/mol. The molecular weight excluding hydrogens is 384 g/mol. The molecule has 10 N–H and O–H groups in total. The molecule has 0 radical (unpaired) electrons. The first-order valence-electron chi connectivity index (χ1n) is 8.07. The first-order valence-corrected chi connectivity index (χ1v) is 8.07. The van der Waals surface area contributed by atoms with E-state index in [4.69, 9.17) is 41.3 Å². The van der Waals surface area contributed by atoms with Gasteiger partial charge in [0.05, 0.1) is 13.2 Å². The van der Waals surface area contributed by atoms with Crippen molar-refractivity contribution in [3.63, 3.8) is 0 Å². The number of aliphatic carboxylic acids is 1. The number of aliphatic hydroxyl groups is 5. The van der Waals surface area contributed by atoms with Crippen LogP contribution in [0.1, 0.15) is 5.56 Å². The highest BCUT2D eigenvalue weighted by Gasteiger charge is 2.52. The summed E-state index contributed by atoms with van der Waals surface area (Å²) in [7, 11) is -1.75. The molecule has 0 spiro atoms. The van der Waals surface area contributed by atoms with Crippen molar-refractivity contribution < 1.29 is 54.6 Å². The van der Waals surface area contributed by atoms with Gasteiger partial charge in [0.1, 0.15) is 30.2 Å². The largest absolute Gasteiger partial charge is 0.488 e. The van der Waals surface area contributed by atoms with Crippen LogP contribution in [0.25, 0.3) is 0 Å². The highest BCUT2D eigenvalue weighted by atomic mass is 19.1. The summed E-state index contributed by atoms with van der Waals surface area (Å²) in [6, 6.07) is 2.35. The van der Waals surface area contributed by atoms with Gasteiger partial charge in [-0.3, -0.25) is 4.79 Å². The zero-order chi connectivity index (χ0) is 21.6. The zero-order valence-corrected chi connectivity index (χ0v) is 14.6. The van der Waals surface area contributed by atoms with Crippen molar-refractivity contribution in [2.24, 2.45) is 5.73 Å². The Hall–Kier alpha value is -1.68. The van der Waals surface area contributed by atoms with Crippen molar-refractivity contribution in [1.82, 2.24) is 0 Å². The van der Waals surface area contributed by atoms with Crippen LogP contribution in [-0.4, -0.2) is 97.1 Å². The van der Waals surface area contributed by atoms with E-state index in [2.05, 4.69) is 4.74 Å². The van der Waals surface area contributed by atoms with Crippen LogP contribution in [0.4, 0.5) is 4.39 Å². The van der Waals surface area contributed by atoms with Gasteiger partial charge < -0.3 is 51.2 Å². The Labute approximate surface area is 159 Å². The van der Waals surface area contributed by atoms with Gasteiger partial charge in [-0.2, -0.15) is 0 Å². The molecule has 1 aromatic rings. The van der Waals surface area contributed by atoms with Crippen LogP contribution in [0.2, 0.25) is 0 Å². The number of hydrogen-bond acceptors (Lipinski definition) is 10. The number of carboxylic acids is 1. The maximum atomic E-state index is 13.4. The lowest BCUT2D eigenvalue weighted by Crippen LogP contribution is -2.46. The lowest BCUT2D eigenvalue weighted by atomic mass is 9.79. The summed E-state index contributed by atoms with van der Waals surface area (Å²) in [5, 5.41) is 70.8. The second-order valence-corrected chi connectivity index (χ2v) is 6.15. The number of rotatable bonds is 6. The number of halogens is 1. The fourth-order valence-corrected chi connectivity index (χ4v) is 2.36. The Bertz CT molecular complexity index is 666. The number of ether oxygens (including phenoxy) is 1. The molecule has 5 atom stereocenters. The maximum absolute atomic E-state index is 13.4. The third kappa shape index (κ3) is 5.91. The smallest absolute Gasteiger partial charge is 0.480 e. The van der Waals surface area contributed by atoms with Gasteiger partial charge in [-0.15, -0.1) is 0 Å². The monoisotopic (exact) mass is 407 g/mol. The van der Waals surface area contributed by atoms with Crippen LogP contribution in [0.3, 0.4) is 0 Å². The molecule has 1 fully saturated rings. The fraction of sp³-hybridized carbons (Fsp3) is 0.533. The van der Waals surface area contributed by atoms with E-state index in [1.807, 2.05) is 0 Å². The molecule has 1 heterocycles. The average Bonchev–Trinajstić information content (AvgIpc) is 2.88. The molecule has 2 rings (SSSR count). The molecule has 0 saturated carbocycles. The van der Waals surface area contributed by atoms with E-state index in [1.54, 1.807) is 0 Å². The van der Waals surface area contributed by atoms with Gasteiger partial charge in [-0.05, 0) is 17.1 Å². The van der Waals surface area contributed by atoms with Crippen molar-refractivity contribution in [3.8, 4) is 0 Å². The van der Waals surface area contributed by atoms with E-state index in [-0.39, 0.29) is 17.4 Å². The molecule has 0 aromatic heterocycles. The van der Waals surface area contributed by atoms with Crippen LogP contribution >= 0.6 is 0 Å². The number of hydrogen-bond donors (Lipinski definition) is 9. The Balaban J connectivity index is 0.000000292. The van der Waals surface area contributed by atoms with E-state index < -0.39 is 62.3 Å². The molecule has 1 unspecified atom stereocenters. The number of carbonyl (C=O) groups is 1. The molecule has 28 heavy (non-hydrogen) atoms. The van der Waals surface area contributed by atoms with Gasteiger partial charge in [0.25, 0.3) is 0 Å². The van der Waals surface area contributed by atoms with Crippen LogP contribution in [0.5, 0.6) is 0 Å². The Kier molecular flexibility index (Phi) is 8.88. The third-order valence-electron chi connectivity index (χ3n) is 4.06. The molecule has 1 aliphatic heterocycles. The van der Waals surface area contributed by atoms with Crippen LogP contribution in [0, 0.1) is 5.82 Å². The van der Waals surface area contributed by atoms with Crippen molar-refractivity contribution >= 4 is 18.6 Å². The van der Waals surface area contributed by atoms with Crippen LogP contribution < -0.4 is 11.2 Å². The molecule has 158 valence electrons. The summed E-state index contributed by atoms with van der Waals surface area (Å²) in [5.41, 5.74) is 5.38. The SMILES string of the molecule is NC(Cc1ccc(B(O)O)cc1F)C(=O)O.OC[C@H]1O[C@](O)(CO)[C@@H](O)[C@@H]1O. The molecule has 0 amide bonds. The maximum Gasteiger partial charge on any atom is 0.488 e. The lowest BCUT2D eigenvalue weighted by Gasteiger charge is -2.22. The lowest BCUT2D eigenvalue weighted by molar-refractivity contribution is -0.248. The Morgan fingerprint density at radius 2 is 1.93 bits per heavy atom. The third-order valence-corrected chi connectivity index (χ3v) is 4.06. The minimum absolute atomic E-state index is 0.00477. The van der Waals surface area contributed by atoms with Gasteiger partial charge in [0.2, 0.25) is 5.79 Å². The molecule has 11 nitrogen and oxygen atoms in total. The van der Waals surface area contributed by atoms with Gasteiger partial charge in [-0.25, -0.2) is 4.39 Å². The Morgan fingerprint density at radius 3 is 2.29 bits per heavy atom. The van der Waals surface area contributed by atoms with Crippen molar-refractivity contribution in [2.75, 3.05) is 13.2 Å². The van der Waals surface area contributed by atoms with E-state index in [0.717, 1.165) is 6.07 Å². The standard InChI is InChI=1S/C9H11BFNO4.C6H12O6/c11-7-4-6(10(15)16)2-1-5(7)3-8(12)9(13)14;7-1-3-4(9)5(10)6(11,2-8)12-3/h1-2,4,8,15-16H,3,12H2,(H,13,14);3-5,7-11H,1-2H2/t;3-,4-,5+,6-/m.1/s1. The van der Waals surface area contributed by atoms with Gasteiger partial charge in [-0.1, -0.05) is 12.1 Å². The molecule has 1 aromatic carbocycles. The topological polar surface area (TPSA) is 214 Å². The minimum Gasteiger partial charge on any atom is -0.480 e. The second kappa shape index (κ2) is 10.2. The van der Waals surface area contributed by atoms with Crippen molar-refractivity contribution in [1.29, 1.82) is 0 Å². The molecular formula is C15H23BFNO10. The molecule has 1 aliphatic rings. The summed E-state index contributed by atoms with van der Waals surface area (Å²) in [4.78, 5) is 10.5. The Morgan fingerprint density at radius 1 is 1.32 bits per heavy atom. The van der Waals surface area contributed by atoms with Crippen LogP contribution in [-0.2, 0) is 16.0 Å². The molecule has 0 bridgehead atoms. The number of aliphatic hydroxyl groups excluding tert-OH is 4. The van der Waals surface area contributed by atoms with Gasteiger partial charge >= 0.3 is 13.1 Å². The van der Waals surface area contributed by atoms with Crippen LogP contribution in [0.15, 0.2) is 18.2 Å². The number of nitrogens with two attached hydrogens (primary N) is 1. The predicted octanol–water partition coefficient (Wildman–Crippen LogP) is -4.76. The summed E-state index contributed by atoms with van der Waals surface area (Å²) in [6.07, 6.45) is -4.19. The van der Waals surface area contributed by atoms with E-state index in [0.29, 0.717) is 0 Å². The van der Waals surface area contributed by atoms with E-state index >= 15 is 0 Å². The number of carboxylic acid groups (broad SMARTS) is 1. The second-order valence-electron chi connectivity index (χ2n) is 6.15. The summed E-state index contributed by atoms with van der Waals surface area (Å²) in [5.74, 6) is -4.08. The van der Waals surface area contributed by atoms with Gasteiger partial charge in [0, 0.05) is 6.42 Å². The quantitative estimate of drug-likeness (QED) is 0.204. The summed E-state index contributed by atoms with van der Waals surface area (Å²) < 4.78 is 18.0. The van der Waals surface area contributed by atoms with E-state index in [1.165, 1.54) is 12.1 Å². The summed E-state index contributed by atoms with van der Waals surface area (Å²) in [6.45, 7) is -1.36. The van der Waals surface area contributed by atoms with Crippen molar-refractivity contribution in [3.05, 3.63) is 29.6 Å². The summed E-state index contributed by atoms with van der Waals surface area (Å²) >= 11 is 0.